The van der Waals surface area contributed by atoms with Crippen LogP contribution in [0.4, 0.5) is 0 Å². The highest BCUT2D eigenvalue weighted by atomic mass is 35.5. The highest BCUT2D eigenvalue weighted by Gasteiger charge is 2.27. The van der Waals surface area contributed by atoms with Crippen LogP contribution in [0.15, 0.2) is 42.6 Å². The number of aromatic nitrogens is 1. The first-order valence-corrected chi connectivity index (χ1v) is 12.2. The Morgan fingerprint density at radius 1 is 0.829 bits per heavy atom. The van der Waals surface area contributed by atoms with Gasteiger partial charge in [0.15, 0.2) is 0 Å². The van der Waals surface area contributed by atoms with Crippen LogP contribution in [0.2, 0.25) is 0 Å². The van der Waals surface area contributed by atoms with Gasteiger partial charge in [0, 0.05) is 82.3 Å². The summed E-state index contributed by atoms with van der Waals surface area (Å²) >= 11 is 0. The highest BCUT2D eigenvalue weighted by molar-refractivity contribution is 5.94. The molecule has 1 aliphatic carbocycles. The van der Waals surface area contributed by atoms with Crippen molar-refractivity contribution in [2.75, 3.05) is 59.4 Å². The molecule has 2 saturated heterocycles. The first kappa shape index (κ1) is 29.8. The Bertz CT molecular complexity index is 908. The van der Waals surface area contributed by atoms with E-state index >= 15 is 0 Å². The Morgan fingerprint density at radius 2 is 1.46 bits per heavy atom. The third-order valence-electron chi connectivity index (χ3n) is 7.46. The lowest BCUT2D eigenvalue weighted by Crippen LogP contribution is -2.51. The SMILES string of the molecule is CN1CCN(C(=O)c2ccc(-c3ccc(CN4CCN(C5CCC5)CC4)nc3)cc2)CC1.Cl.Cl.Cl. The predicted molar refractivity (Wildman–Crippen MR) is 149 cm³/mol. The maximum absolute atomic E-state index is 12.8. The van der Waals surface area contributed by atoms with Crippen LogP contribution in [0, 0.1) is 0 Å². The molecular weight excluding hydrogens is 505 g/mol. The van der Waals surface area contributed by atoms with E-state index in [9.17, 15) is 4.79 Å². The summed E-state index contributed by atoms with van der Waals surface area (Å²) < 4.78 is 0. The number of nitrogens with zero attached hydrogens (tertiary/aromatic N) is 5. The number of hydrogen-bond acceptors (Lipinski definition) is 5. The van der Waals surface area contributed by atoms with E-state index in [1.165, 1.54) is 32.4 Å². The molecule has 3 heterocycles. The maximum atomic E-state index is 12.8. The molecule has 9 heteroatoms. The van der Waals surface area contributed by atoms with Crippen molar-refractivity contribution in [3.05, 3.63) is 53.9 Å². The van der Waals surface area contributed by atoms with Gasteiger partial charge in [0.25, 0.3) is 5.91 Å². The molecule has 1 saturated carbocycles. The van der Waals surface area contributed by atoms with Gasteiger partial charge in [-0.1, -0.05) is 24.6 Å². The molecule has 5 rings (SSSR count). The molecule has 0 N–H and O–H groups in total. The Hall–Kier alpha value is -1.41. The van der Waals surface area contributed by atoms with Gasteiger partial charge in [0.1, 0.15) is 0 Å². The quantitative estimate of drug-likeness (QED) is 0.570. The van der Waals surface area contributed by atoms with E-state index in [0.29, 0.717) is 0 Å². The van der Waals surface area contributed by atoms with Crippen molar-refractivity contribution in [2.24, 2.45) is 0 Å². The van der Waals surface area contributed by atoms with Gasteiger partial charge in [0.05, 0.1) is 5.69 Å². The molecule has 0 atom stereocenters. The first-order chi connectivity index (χ1) is 15.7. The number of piperazine rings is 2. The van der Waals surface area contributed by atoms with Crippen LogP contribution in [-0.2, 0) is 6.54 Å². The molecule has 2 aromatic rings. The molecule has 0 radical (unpaired) electrons. The van der Waals surface area contributed by atoms with Crippen LogP contribution in [0.3, 0.4) is 0 Å². The Balaban J connectivity index is 0.00000144. The molecule has 2 aliphatic heterocycles. The Labute approximate surface area is 228 Å². The number of rotatable bonds is 5. The fourth-order valence-electron chi connectivity index (χ4n) is 4.95. The van der Waals surface area contributed by atoms with Gasteiger partial charge in [-0.3, -0.25) is 19.6 Å². The molecule has 0 bridgehead atoms. The van der Waals surface area contributed by atoms with Crippen LogP contribution >= 0.6 is 37.2 Å². The molecule has 0 spiro atoms. The van der Waals surface area contributed by atoms with Crippen molar-refractivity contribution in [1.82, 2.24) is 24.6 Å². The molecule has 1 aromatic carbocycles. The second-order valence-electron chi connectivity index (χ2n) is 9.61. The minimum Gasteiger partial charge on any atom is -0.336 e. The molecule has 0 unspecified atom stereocenters. The number of benzene rings is 1. The van der Waals surface area contributed by atoms with E-state index in [2.05, 4.69) is 33.9 Å². The van der Waals surface area contributed by atoms with Gasteiger partial charge in [0.2, 0.25) is 0 Å². The van der Waals surface area contributed by atoms with Crippen LogP contribution in [0.1, 0.15) is 35.3 Å². The second kappa shape index (κ2) is 13.8. The molecule has 3 aliphatic rings. The predicted octanol–water partition coefficient (Wildman–Crippen LogP) is 4.07. The van der Waals surface area contributed by atoms with E-state index in [4.69, 9.17) is 4.98 Å². The summed E-state index contributed by atoms with van der Waals surface area (Å²) in [6, 6.07) is 13.1. The van der Waals surface area contributed by atoms with Crippen LogP contribution in [0.5, 0.6) is 0 Å². The lowest BCUT2D eigenvalue weighted by molar-refractivity contribution is 0.0583. The lowest BCUT2D eigenvalue weighted by atomic mass is 9.91. The average molecular weight is 543 g/mol. The van der Waals surface area contributed by atoms with Crippen molar-refractivity contribution in [3.8, 4) is 11.1 Å². The summed E-state index contributed by atoms with van der Waals surface area (Å²) in [5.41, 5.74) is 4.10. The molecule has 1 amide bonds. The first-order valence-electron chi connectivity index (χ1n) is 12.2. The molecule has 1 aromatic heterocycles. The van der Waals surface area contributed by atoms with Gasteiger partial charge < -0.3 is 9.80 Å². The van der Waals surface area contributed by atoms with Gasteiger partial charge in [-0.05, 0) is 43.7 Å². The van der Waals surface area contributed by atoms with E-state index in [1.54, 1.807) is 0 Å². The number of halogens is 3. The zero-order valence-electron chi connectivity index (χ0n) is 20.5. The largest absolute Gasteiger partial charge is 0.336 e. The van der Waals surface area contributed by atoms with Crippen LogP contribution in [0.25, 0.3) is 11.1 Å². The van der Waals surface area contributed by atoms with Gasteiger partial charge >= 0.3 is 0 Å². The van der Waals surface area contributed by atoms with Gasteiger partial charge in [-0.2, -0.15) is 0 Å². The summed E-state index contributed by atoms with van der Waals surface area (Å²) in [4.78, 5) is 26.9. The van der Waals surface area contributed by atoms with E-state index in [-0.39, 0.29) is 43.1 Å². The van der Waals surface area contributed by atoms with E-state index < -0.39 is 0 Å². The number of likely N-dealkylation sites (N-methyl/N-ethyl adjacent to an activating group) is 1. The summed E-state index contributed by atoms with van der Waals surface area (Å²) in [6.07, 6.45) is 6.18. The zero-order chi connectivity index (χ0) is 21.9. The average Bonchev–Trinajstić information content (AvgIpc) is 2.80. The van der Waals surface area contributed by atoms with Gasteiger partial charge in [-0.15, -0.1) is 37.2 Å². The summed E-state index contributed by atoms with van der Waals surface area (Å²) in [5.74, 6) is 0.135. The number of hydrogen-bond donors (Lipinski definition) is 0. The van der Waals surface area contributed by atoms with E-state index in [0.717, 1.165) is 74.2 Å². The van der Waals surface area contributed by atoms with Crippen molar-refractivity contribution in [1.29, 1.82) is 0 Å². The monoisotopic (exact) mass is 541 g/mol. The smallest absolute Gasteiger partial charge is 0.253 e. The Kier molecular flexibility index (Phi) is 11.7. The lowest BCUT2D eigenvalue weighted by Gasteiger charge is -2.42. The van der Waals surface area contributed by atoms with Gasteiger partial charge in [-0.25, -0.2) is 0 Å². The zero-order valence-corrected chi connectivity index (χ0v) is 22.9. The fourth-order valence-corrected chi connectivity index (χ4v) is 4.95. The van der Waals surface area contributed by atoms with Crippen molar-refractivity contribution in [2.45, 2.75) is 31.8 Å². The fraction of sp³-hybridized carbons (Fsp3) is 0.538. The third-order valence-corrected chi connectivity index (χ3v) is 7.46. The molecule has 6 nitrogen and oxygen atoms in total. The number of amides is 1. The topological polar surface area (TPSA) is 42.9 Å². The third kappa shape index (κ3) is 7.31. The summed E-state index contributed by atoms with van der Waals surface area (Å²) in [6.45, 7) is 9.10. The van der Waals surface area contributed by atoms with Crippen LogP contribution in [-0.4, -0.2) is 95.9 Å². The number of carbonyl (C=O) groups excluding carboxylic acids is 1. The number of pyridine rings is 1. The minimum atomic E-state index is 0. The highest BCUT2D eigenvalue weighted by Crippen LogP contribution is 2.26. The molecule has 194 valence electrons. The molecule has 3 fully saturated rings. The minimum absolute atomic E-state index is 0. The summed E-state index contributed by atoms with van der Waals surface area (Å²) in [5, 5.41) is 0. The van der Waals surface area contributed by atoms with Crippen molar-refractivity contribution < 1.29 is 4.79 Å². The van der Waals surface area contributed by atoms with Crippen molar-refractivity contribution in [3.63, 3.8) is 0 Å². The molecule has 35 heavy (non-hydrogen) atoms. The standard InChI is InChI=1S/C26H35N5O.3ClH/c1-28-11-15-31(16-12-28)26(32)22-7-5-21(6-8-22)23-9-10-24(27-19-23)20-29-13-17-30(18-14-29)25-3-2-4-25;;;/h5-10,19,25H,2-4,11-18,20H2,1H3;3*1H. The van der Waals surface area contributed by atoms with Crippen LogP contribution < -0.4 is 0 Å². The summed E-state index contributed by atoms with van der Waals surface area (Å²) in [7, 11) is 2.10. The van der Waals surface area contributed by atoms with E-state index in [1.807, 2.05) is 35.4 Å². The second-order valence-corrected chi connectivity index (χ2v) is 9.61. The Morgan fingerprint density at radius 3 is 2.00 bits per heavy atom. The normalized spacial score (nSPS) is 19.6. The number of carbonyl (C=O) groups is 1. The molecular formula is C26H38Cl3N5O. The maximum Gasteiger partial charge on any atom is 0.253 e. The van der Waals surface area contributed by atoms with Crippen molar-refractivity contribution >= 4 is 43.1 Å².